The highest BCUT2D eigenvalue weighted by atomic mass is 79.9. The minimum Gasteiger partial charge on any atom is -0.351 e. The van der Waals surface area contributed by atoms with Gasteiger partial charge in [0.15, 0.2) is 5.69 Å². The maximum atomic E-state index is 13.2. The lowest BCUT2D eigenvalue weighted by molar-refractivity contribution is -0.141. The highest BCUT2D eigenvalue weighted by Gasteiger charge is 2.34. The van der Waals surface area contributed by atoms with Gasteiger partial charge in [-0.2, -0.15) is 18.2 Å². The summed E-state index contributed by atoms with van der Waals surface area (Å²) in [5, 5.41) is 5.97. The zero-order valence-corrected chi connectivity index (χ0v) is 15.2. The van der Waals surface area contributed by atoms with Crippen molar-refractivity contribution in [1.82, 2.24) is 9.97 Å². The van der Waals surface area contributed by atoms with Crippen molar-refractivity contribution >= 4 is 33.4 Å². The SMILES string of the molecule is Cc1cc(Nc2cc(C(F)(F)F)nc(NC3CCCC3)n2)ccc1Br. The van der Waals surface area contributed by atoms with E-state index in [1.807, 2.05) is 19.1 Å². The van der Waals surface area contributed by atoms with Gasteiger partial charge in [0.1, 0.15) is 5.82 Å². The largest absolute Gasteiger partial charge is 0.433 e. The molecule has 0 spiro atoms. The van der Waals surface area contributed by atoms with E-state index >= 15 is 0 Å². The van der Waals surface area contributed by atoms with Crippen LogP contribution < -0.4 is 10.6 Å². The van der Waals surface area contributed by atoms with E-state index in [0.717, 1.165) is 41.8 Å². The Kier molecular flexibility index (Phi) is 5.17. The van der Waals surface area contributed by atoms with E-state index < -0.39 is 11.9 Å². The quantitative estimate of drug-likeness (QED) is 0.676. The standard InChI is InChI=1S/C17H18BrF3N4/c1-10-8-12(6-7-13(10)18)22-15-9-14(17(19,20)21)24-16(25-15)23-11-4-2-3-5-11/h6-9,11H,2-5H2,1H3,(H2,22,23,24,25). The Balaban J connectivity index is 1.89. The van der Waals surface area contributed by atoms with Gasteiger partial charge in [0.2, 0.25) is 5.95 Å². The van der Waals surface area contributed by atoms with Crippen LogP contribution in [0.3, 0.4) is 0 Å². The molecule has 134 valence electrons. The Bertz CT molecular complexity index is 758. The van der Waals surface area contributed by atoms with E-state index in [1.165, 1.54) is 0 Å². The van der Waals surface area contributed by atoms with E-state index in [0.29, 0.717) is 5.69 Å². The summed E-state index contributed by atoms with van der Waals surface area (Å²) < 4.78 is 40.4. The molecule has 4 nitrogen and oxygen atoms in total. The van der Waals surface area contributed by atoms with Crippen molar-refractivity contribution in [2.75, 3.05) is 10.6 Å². The molecule has 0 bridgehead atoms. The zero-order chi connectivity index (χ0) is 18.0. The molecule has 2 N–H and O–H groups in total. The Hall–Kier alpha value is -1.83. The number of aryl methyl sites for hydroxylation is 1. The molecule has 0 unspecified atom stereocenters. The van der Waals surface area contributed by atoms with Crippen LogP contribution in [0.25, 0.3) is 0 Å². The fourth-order valence-electron chi connectivity index (χ4n) is 2.84. The van der Waals surface area contributed by atoms with Crippen LogP contribution in [0, 0.1) is 6.92 Å². The maximum Gasteiger partial charge on any atom is 0.433 e. The van der Waals surface area contributed by atoms with Crippen molar-refractivity contribution in [3.05, 3.63) is 40.0 Å². The van der Waals surface area contributed by atoms with Crippen LogP contribution >= 0.6 is 15.9 Å². The van der Waals surface area contributed by atoms with Crippen LogP contribution in [0.5, 0.6) is 0 Å². The number of nitrogens with zero attached hydrogens (tertiary/aromatic N) is 2. The first kappa shape index (κ1) is 18.0. The average molecular weight is 415 g/mol. The highest BCUT2D eigenvalue weighted by molar-refractivity contribution is 9.10. The van der Waals surface area contributed by atoms with Gasteiger partial charge in [-0.3, -0.25) is 0 Å². The third-order valence-corrected chi connectivity index (χ3v) is 5.03. The molecule has 8 heteroatoms. The lowest BCUT2D eigenvalue weighted by atomic mass is 10.2. The molecule has 0 saturated heterocycles. The first-order valence-corrected chi connectivity index (χ1v) is 8.86. The third-order valence-electron chi connectivity index (χ3n) is 4.14. The van der Waals surface area contributed by atoms with Gasteiger partial charge in [0, 0.05) is 22.3 Å². The monoisotopic (exact) mass is 414 g/mol. The molecule has 0 aliphatic heterocycles. The van der Waals surface area contributed by atoms with Gasteiger partial charge in [0.25, 0.3) is 0 Å². The number of rotatable bonds is 4. The predicted molar refractivity (Wildman–Crippen MR) is 95.1 cm³/mol. The Labute approximate surface area is 152 Å². The van der Waals surface area contributed by atoms with Crippen molar-refractivity contribution in [1.29, 1.82) is 0 Å². The van der Waals surface area contributed by atoms with Crippen LogP contribution in [0.4, 0.5) is 30.6 Å². The van der Waals surface area contributed by atoms with Crippen LogP contribution in [-0.2, 0) is 6.18 Å². The van der Waals surface area contributed by atoms with Crippen LogP contribution in [0.1, 0.15) is 36.9 Å². The van der Waals surface area contributed by atoms with E-state index in [4.69, 9.17) is 0 Å². The minimum absolute atomic E-state index is 0.0121. The molecule has 2 aromatic rings. The smallest absolute Gasteiger partial charge is 0.351 e. The van der Waals surface area contributed by atoms with Crippen molar-refractivity contribution in [2.24, 2.45) is 0 Å². The molecule has 1 aliphatic rings. The van der Waals surface area contributed by atoms with Crippen molar-refractivity contribution in [2.45, 2.75) is 44.8 Å². The van der Waals surface area contributed by atoms with Crippen LogP contribution in [0.2, 0.25) is 0 Å². The molecule has 1 aromatic carbocycles. The van der Waals surface area contributed by atoms with E-state index in [9.17, 15) is 13.2 Å². The summed E-state index contributed by atoms with van der Waals surface area (Å²) in [5.41, 5.74) is 0.679. The van der Waals surface area contributed by atoms with E-state index in [-0.39, 0.29) is 17.8 Å². The van der Waals surface area contributed by atoms with Gasteiger partial charge in [-0.15, -0.1) is 0 Å². The van der Waals surface area contributed by atoms with Gasteiger partial charge in [-0.1, -0.05) is 28.8 Å². The topological polar surface area (TPSA) is 49.8 Å². The first-order chi connectivity index (χ1) is 11.8. The second kappa shape index (κ2) is 7.19. The number of hydrogen-bond donors (Lipinski definition) is 2. The highest BCUT2D eigenvalue weighted by Crippen LogP contribution is 2.31. The first-order valence-electron chi connectivity index (χ1n) is 8.07. The van der Waals surface area contributed by atoms with Gasteiger partial charge >= 0.3 is 6.18 Å². The summed E-state index contributed by atoms with van der Waals surface area (Å²) in [6.45, 7) is 1.91. The Morgan fingerprint density at radius 2 is 1.84 bits per heavy atom. The summed E-state index contributed by atoms with van der Waals surface area (Å²) in [6, 6.07) is 6.50. The van der Waals surface area contributed by atoms with Gasteiger partial charge in [0.05, 0.1) is 0 Å². The molecular formula is C17H18BrF3N4. The van der Waals surface area contributed by atoms with E-state index in [1.54, 1.807) is 6.07 Å². The molecule has 3 rings (SSSR count). The molecule has 1 aliphatic carbocycles. The normalized spacial score (nSPS) is 15.4. The fraction of sp³-hybridized carbons (Fsp3) is 0.412. The fourth-order valence-corrected chi connectivity index (χ4v) is 3.09. The molecule has 25 heavy (non-hydrogen) atoms. The summed E-state index contributed by atoms with van der Waals surface area (Å²) in [5.74, 6) is 0.127. The molecule has 0 amide bonds. The van der Waals surface area contributed by atoms with E-state index in [2.05, 4.69) is 36.5 Å². The number of anilines is 3. The Morgan fingerprint density at radius 3 is 2.48 bits per heavy atom. The predicted octanol–water partition coefficient (Wildman–Crippen LogP) is 5.66. The molecular weight excluding hydrogens is 397 g/mol. The molecule has 1 fully saturated rings. The third kappa shape index (κ3) is 4.62. The summed E-state index contributed by atoms with van der Waals surface area (Å²) in [6.07, 6.45) is -0.538. The minimum atomic E-state index is -4.53. The van der Waals surface area contributed by atoms with Gasteiger partial charge < -0.3 is 10.6 Å². The Morgan fingerprint density at radius 1 is 1.12 bits per heavy atom. The lowest BCUT2D eigenvalue weighted by Gasteiger charge is -2.16. The molecule has 1 aromatic heterocycles. The number of benzene rings is 1. The summed E-state index contributed by atoms with van der Waals surface area (Å²) in [7, 11) is 0. The van der Waals surface area contributed by atoms with Crippen LogP contribution in [0.15, 0.2) is 28.7 Å². The molecule has 1 heterocycles. The molecule has 1 saturated carbocycles. The lowest BCUT2D eigenvalue weighted by Crippen LogP contribution is -2.19. The van der Waals surface area contributed by atoms with Crippen molar-refractivity contribution in [3.8, 4) is 0 Å². The number of hydrogen-bond acceptors (Lipinski definition) is 4. The number of alkyl halides is 3. The maximum absolute atomic E-state index is 13.2. The second-order valence-corrected chi connectivity index (χ2v) is 7.03. The second-order valence-electron chi connectivity index (χ2n) is 6.17. The number of halogens is 4. The summed E-state index contributed by atoms with van der Waals surface area (Å²) in [4.78, 5) is 7.86. The van der Waals surface area contributed by atoms with Crippen molar-refractivity contribution < 1.29 is 13.2 Å². The van der Waals surface area contributed by atoms with Crippen LogP contribution in [-0.4, -0.2) is 16.0 Å². The van der Waals surface area contributed by atoms with Gasteiger partial charge in [-0.05, 0) is 43.5 Å². The average Bonchev–Trinajstić information content (AvgIpc) is 3.03. The number of nitrogens with one attached hydrogen (secondary N) is 2. The number of aromatic nitrogens is 2. The summed E-state index contributed by atoms with van der Waals surface area (Å²) >= 11 is 3.40. The zero-order valence-electron chi connectivity index (χ0n) is 13.6. The molecule has 0 atom stereocenters. The van der Waals surface area contributed by atoms with Gasteiger partial charge in [-0.25, -0.2) is 4.98 Å². The van der Waals surface area contributed by atoms with Crippen molar-refractivity contribution in [3.63, 3.8) is 0 Å². The molecule has 0 radical (unpaired) electrons.